The summed E-state index contributed by atoms with van der Waals surface area (Å²) < 4.78 is 0. The fraction of sp³-hybridized carbons (Fsp3) is 0.429. The molecule has 0 atom stereocenters. The van der Waals surface area contributed by atoms with E-state index in [2.05, 4.69) is 28.1 Å². The second-order valence-electron chi connectivity index (χ2n) is 1.43. The summed E-state index contributed by atoms with van der Waals surface area (Å²) in [5.74, 6) is 0. The van der Waals surface area contributed by atoms with E-state index in [0.29, 0.717) is 0 Å². The summed E-state index contributed by atoms with van der Waals surface area (Å²) in [4.78, 5) is 0. The maximum Gasteiger partial charge on any atom is 0.00660 e. The van der Waals surface area contributed by atoms with Crippen LogP contribution in [0.4, 0.5) is 0 Å². The van der Waals surface area contributed by atoms with Crippen LogP contribution < -0.4 is 0 Å². The number of hydrogen-bond donors (Lipinski definition) is 0. The predicted molar refractivity (Wildman–Crippen MR) is 42.4 cm³/mol. The molecule has 0 heterocycles. The monoisotopic (exact) mass is 174 g/mol. The summed E-state index contributed by atoms with van der Waals surface area (Å²) in [6.45, 7) is 2.01. The summed E-state index contributed by atoms with van der Waals surface area (Å²) in [5, 5.41) is 1.06. The van der Waals surface area contributed by atoms with Crippen molar-refractivity contribution in [1.82, 2.24) is 0 Å². The number of hydrogen-bond acceptors (Lipinski definition) is 0. The molecule has 0 amide bonds. The molecule has 0 rings (SSSR count). The van der Waals surface area contributed by atoms with Gasteiger partial charge in [0.2, 0.25) is 0 Å². The van der Waals surface area contributed by atoms with Crippen molar-refractivity contribution in [3.05, 3.63) is 24.3 Å². The molecule has 0 N–H and O–H groups in total. The van der Waals surface area contributed by atoms with E-state index in [9.17, 15) is 0 Å². The van der Waals surface area contributed by atoms with Gasteiger partial charge in [-0.25, -0.2) is 0 Å². The maximum absolute atomic E-state index is 3.33. The average molecular weight is 175 g/mol. The van der Waals surface area contributed by atoms with Crippen molar-refractivity contribution >= 4 is 15.9 Å². The van der Waals surface area contributed by atoms with Crippen LogP contribution in [0.2, 0.25) is 0 Å². The minimum atomic E-state index is 1.06. The number of allylic oxidation sites excluding steroid dienone is 4. The van der Waals surface area contributed by atoms with Crippen molar-refractivity contribution in [3.63, 3.8) is 0 Å². The van der Waals surface area contributed by atoms with Crippen molar-refractivity contribution in [2.45, 2.75) is 13.3 Å². The Bertz CT molecular complexity index is 82.4. The van der Waals surface area contributed by atoms with Gasteiger partial charge in [0.05, 0.1) is 0 Å². The Hall–Kier alpha value is -0.0400. The molecule has 0 nitrogen and oxygen atoms in total. The third-order valence-corrected chi connectivity index (χ3v) is 1.17. The highest BCUT2D eigenvalue weighted by atomic mass is 79.9. The lowest BCUT2D eigenvalue weighted by atomic mass is 10.4. The average Bonchev–Trinajstić information content (AvgIpc) is 1.81. The van der Waals surface area contributed by atoms with Gasteiger partial charge in [0.25, 0.3) is 0 Å². The fourth-order valence-electron chi connectivity index (χ4n) is 0.349. The van der Waals surface area contributed by atoms with Crippen LogP contribution in [0.1, 0.15) is 13.3 Å². The summed E-state index contributed by atoms with van der Waals surface area (Å²) >= 11 is 3.33. The standard InChI is InChI=1S/C7H11Br/c1-2-3-4-5-6-7-8/h2-5H,6-7H2,1H3. The van der Waals surface area contributed by atoms with Gasteiger partial charge in [-0.05, 0) is 13.3 Å². The summed E-state index contributed by atoms with van der Waals surface area (Å²) in [6, 6.07) is 0. The van der Waals surface area contributed by atoms with Crippen LogP contribution in [0, 0.1) is 0 Å². The first-order valence-electron chi connectivity index (χ1n) is 2.75. The second-order valence-corrected chi connectivity index (χ2v) is 2.22. The van der Waals surface area contributed by atoms with Crippen molar-refractivity contribution < 1.29 is 0 Å². The van der Waals surface area contributed by atoms with Gasteiger partial charge in [-0.15, -0.1) is 0 Å². The lowest BCUT2D eigenvalue weighted by Crippen LogP contribution is -1.62. The Labute approximate surface area is 59.4 Å². The van der Waals surface area contributed by atoms with Crippen molar-refractivity contribution in [1.29, 1.82) is 0 Å². The van der Waals surface area contributed by atoms with Gasteiger partial charge in [0, 0.05) is 5.33 Å². The molecular weight excluding hydrogens is 164 g/mol. The summed E-state index contributed by atoms with van der Waals surface area (Å²) in [7, 11) is 0. The van der Waals surface area contributed by atoms with E-state index in [1.54, 1.807) is 0 Å². The molecule has 8 heavy (non-hydrogen) atoms. The first-order valence-corrected chi connectivity index (χ1v) is 3.87. The van der Waals surface area contributed by atoms with Gasteiger partial charge >= 0.3 is 0 Å². The molecule has 0 saturated carbocycles. The van der Waals surface area contributed by atoms with E-state index in [4.69, 9.17) is 0 Å². The van der Waals surface area contributed by atoms with Crippen molar-refractivity contribution in [3.8, 4) is 0 Å². The fourth-order valence-corrected chi connectivity index (χ4v) is 0.613. The van der Waals surface area contributed by atoms with Crippen LogP contribution in [0.15, 0.2) is 24.3 Å². The minimum Gasteiger partial charge on any atom is -0.0925 e. The topological polar surface area (TPSA) is 0 Å². The van der Waals surface area contributed by atoms with E-state index >= 15 is 0 Å². The van der Waals surface area contributed by atoms with Crippen molar-refractivity contribution in [2.75, 3.05) is 5.33 Å². The zero-order chi connectivity index (χ0) is 6.24. The van der Waals surface area contributed by atoms with Crippen molar-refractivity contribution in [2.24, 2.45) is 0 Å². The molecule has 0 fully saturated rings. The molecule has 0 bridgehead atoms. The molecule has 0 saturated heterocycles. The highest BCUT2D eigenvalue weighted by Gasteiger charge is 1.68. The first-order chi connectivity index (χ1) is 3.91. The third kappa shape index (κ3) is 5.96. The Kier molecular flexibility index (Phi) is 6.93. The molecule has 0 aliphatic rings. The largest absolute Gasteiger partial charge is 0.0925 e. The van der Waals surface area contributed by atoms with E-state index in [1.165, 1.54) is 0 Å². The van der Waals surface area contributed by atoms with Gasteiger partial charge in [0.1, 0.15) is 0 Å². The first kappa shape index (κ1) is 7.96. The highest BCUT2D eigenvalue weighted by molar-refractivity contribution is 9.09. The number of alkyl halides is 1. The van der Waals surface area contributed by atoms with E-state index in [-0.39, 0.29) is 0 Å². The third-order valence-electron chi connectivity index (χ3n) is 0.715. The van der Waals surface area contributed by atoms with Crippen LogP contribution in [-0.4, -0.2) is 5.33 Å². The molecule has 0 spiro atoms. The van der Waals surface area contributed by atoms with Crippen LogP contribution in [-0.2, 0) is 0 Å². The SMILES string of the molecule is CC=CC=CCCBr. The summed E-state index contributed by atoms with van der Waals surface area (Å²) in [6.07, 6.45) is 9.35. The molecule has 0 radical (unpaired) electrons. The Morgan fingerprint density at radius 3 is 2.62 bits per heavy atom. The molecule has 0 aromatic rings. The zero-order valence-corrected chi connectivity index (χ0v) is 6.69. The molecule has 0 unspecified atom stereocenters. The molecule has 0 aromatic carbocycles. The van der Waals surface area contributed by atoms with E-state index in [0.717, 1.165) is 11.8 Å². The maximum atomic E-state index is 3.33. The number of halogens is 1. The van der Waals surface area contributed by atoms with Gasteiger partial charge in [-0.1, -0.05) is 40.2 Å². The molecule has 0 aromatic heterocycles. The van der Waals surface area contributed by atoms with Gasteiger partial charge < -0.3 is 0 Å². The van der Waals surface area contributed by atoms with Gasteiger partial charge in [-0.3, -0.25) is 0 Å². The Morgan fingerprint density at radius 1 is 1.38 bits per heavy atom. The molecular formula is C7H11Br. The lowest BCUT2D eigenvalue weighted by Gasteiger charge is -1.77. The minimum absolute atomic E-state index is 1.06. The van der Waals surface area contributed by atoms with E-state index < -0.39 is 0 Å². The number of rotatable bonds is 3. The molecule has 0 aliphatic heterocycles. The Morgan fingerprint density at radius 2 is 2.12 bits per heavy atom. The zero-order valence-electron chi connectivity index (χ0n) is 5.10. The normalized spacial score (nSPS) is 11.8. The second kappa shape index (κ2) is 6.96. The van der Waals surface area contributed by atoms with Crippen LogP contribution >= 0.6 is 15.9 Å². The van der Waals surface area contributed by atoms with E-state index in [1.807, 2.05) is 19.1 Å². The van der Waals surface area contributed by atoms with Crippen LogP contribution in [0.5, 0.6) is 0 Å². The molecule has 46 valence electrons. The Balaban J connectivity index is 3.07. The van der Waals surface area contributed by atoms with Crippen LogP contribution in [0.25, 0.3) is 0 Å². The smallest absolute Gasteiger partial charge is 0.00660 e. The molecule has 0 aliphatic carbocycles. The van der Waals surface area contributed by atoms with Gasteiger partial charge in [-0.2, -0.15) is 0 Å². The molecule has 1 heteroatoms. The summed E-state index contributed by atoms with van der Waals surface area (Å²) in [5.41, 5.74) is 0. The predicted octanol–water partition coefficient (Wildman–Crippen LogP) is 2.90. The van der Waals surface area contributed by atoms with Crippen LogP contribution in [0.3, 0.4) is 0 Å². The van der Waals surface area contributed by atoms with Gasteiger partial charge in [0.15, 0.2) is 0 Å². The highest BCUT2D eigenvalue weighted by Crippen LogP contribution is 1.88. The quantitative estimate of drug-likeness (QED) is 0.457. The lowest BCUT2D eigenvalue weighted by molar-refractivity contribution is 1.26.